The van der Waals surface area contributed by atoms with Crippen LogP contribution in [0.2, 0.25) is 0 Å². The molecule has 0 unspecified atom stereocenters. The van der Waals surface area contributed by atoms with Crippen LogP contribution >= 0.6 is 15.9 Å². The third-order valence-electron chi connectivity index (χ3n) is 2.62. The van der Waals surface area contributed by atoms with Gasteiger partial charge in [-0.1, -0.05) is 22.9 Å². The average molecular weight is 315 g/mol. The Kier molecular flexibility index (Phi) is 6.15. The molecule has 1 amide bonds. The normalized spacial score (nSPS) is 10.7. The molecule has 5 heteroatoms. The molecule has 0 saturated heterocycles. The molecule has 0 aromatic heterocycles. The van der Waals surface area contributed by atoms with Crippen LogP contribution in [0.3, 0.4) is 0 Å². The molecule has 1 aromatic carbocycles. The first kappa shape index (κ1) is 15.0. The maximum absolute atomic E-state index is 11.4. The van der Waals surface area contributed by atoms with Gasteiger partial charge in [-0.05, 0) is 31.2 Å². The SMILES string of the molecule is CCCN(CC(=O)NC)Cc1cc(Br)ccc1O. The fourth-order valence-corrected chi connectivity index (χ4v) is 2.14. The van der Waals surface area contributed by atoms with Gasteiger partial charge in [0.05, 0.1) is 6.54 Å². The van der Waals surface area contributed by atoms with Crippen LogP contribution in [-0.4, -0.2) is 36.1 Å². The molecule has 0 radical (unpaired) electrons. The van der Waals surface area contributed by atoms with Gasteiger partial charge >= 0.3 is 0 Å². The number of likely N-dealkylation sites (N-methyl/N-ethyl adjacent to an activating group) is 1. The van der Waals surface area contributed by atoms with Gasteiger partial charge in [0.1, 0.15) is 5.75 Å². The minimum absolute atomic E-state index is 0.0158. The minimum Gasteiger partial charge on any atom is -0.508 e. The highest BCUT2D eigenvalue weighted by Crippen LogP contribution is 2.23. The van der Waals surface area contributed by atoms with Gasteiger partial charge in [-0.2, -0.15) is 0 Å². The minimum atomic E-state index is -0.0158. The first-order valence-electron chi connectivity index (χ1n) is 5.97. The van der Waals surface area contributed by atoms with Crippen LogP contribution in [0, 0.1) is 0 Å². The number of phenols is 1. The second-order valence-electron chi connectivity index (χ2n) is 4.16. The summed E-state index contributed by atoms with van der Waals surface area (Å²) < 4.78 is 0.923. The maximum atomic E-state index is 11.4. The highest BCUT2D eigenvalue weighted by atomic mass is 79.9. The molecule has 0 spiro atoms. The van der Waals surface area contributed by atoms with Gasteiger partial charge in [-0.3, -0.25) is 9.69 Å². The lowest BCUT2D eigenvalue weighted by molar-refractivity contribution is -0.121. The van der Waals surface area contributed by atoms with Crippen LogP contribution in [-0.2, 0) is 11.3 Å². The first-order chi connectivity index (χ1) is 8.56. The molecule has 0 atom stereocenters. The van der Waals surface area contributed by atoms with Gasteiger partial charge in [-0.15, -0.1) is 0 Å². The van der Waals surface area contributed by atoms with Gasteiger partial charge in [0.15, 0.2) is 0 Å². The lowest BCUT2D eigenvalue weighted by Crippen LogP contribution is -2.35. The fourth-order valence-electron chi connectivity index (χ4n) is 1.73. The summed E-state index contributed by atoms with van der Waals surface area (Å²) in [7, 11) is 1.63. The number of aromatic hydroxyl groups is 1. The smallest absolute Gasteiger partial charge is 0.233 e. The monoisotopic (exact) mass is 314 g/mol. The molecule has 1 rings (SSSR count). The summed E-state index contributed by atoms with van der Waals surface area (Å²) in [5, 5.41) is 12.4. The number of nitrogens with one attached hydrogen (secondary N) is 1. The van der Waals surface area contributed by atoms with Crippen molar-refractivity contribution in [2.24, 2.45) is 0 Å². The van der Waals surface area contributed by atoms with E-state index in [2.05, 4.69) is 28.2 Å². The Morgan fingerprint density at radius 2 is 2.22 bits per heavy atom. The number of carbonyl (C=O) groups is 1. The van der Waals surface area contributed by atoms with E-state index in [1.54, 1.807) is 19.2 Å². The molecule has 0 bridgehead atoms. The largest absolute Gasteiger partial charge is 0.508 e. The zero-order valence-corrected chi connectivity index (χ0v) is 12.3. The van der Waals surface area contributed by atoms with Crippen molar-refractivity contribution in [3.8, 4) is 5.75 Å². The van der Waals surface area contributed by atoms with Crippen LogP contribution < -0.4 is 5.32 Å². The maximum Gasteiger partial charge on any atom is 0.233 e. The summed E-state index contributed by atoms with van der Waals surface area (Å²) in [4.78, 5) is 13.4. The number of carbonyl (C=O) groups excluding carboxylic acids is 1. The number of amides is 1. The van der Waals surface area contributed by atoms with Crippen molar-refractivity contribution < 1.29 is 9.90 Å². The molecule has 0 heterocycles. The summed E-state index contributed by atoms with van der Waals surface area (Å²) in [6.07, 6.45) is 0.964. The van der Waals surface area contributed by atoms with Gasteiger partial charge in [0.2, 0.25) is 5.91 Å². The Hall–Kier alpha value is -1.07. The van der Waals surface area contributed by atoms with E-state index in [1.807, 2.05) is 11.0 Å². The number of hydrogen-bond donors (Lipinski definition) is 2. The summed E-state index contributed by atoms with van der Waals surface area (Å²) in [5.74, 6) is 0.245. The molecule has 4 nitrogen and oxygen atoms in total. The molecule has 2 N–H and O–H groups in total. The number of halogens is 1. The van der Waals surface area contributed by atoms with E-state index in [1.165, 1.54) is 0 Å². The van der Waals surface area contributed by atoms with Crippen LogP contribution in [0.1, 0.15) is 18.9 Å². The molecular weight excluding hydrogens is 296 g/mol. The number of benzene rings is 1. The lowest BCUT2D eigenvalue weighted by Gasteiger charge is -2.21. The Bertz CT molecular complexity index is 410. The average Bonchev–Trinajstić information content (AvgIpc) is 2.34. The van der Waals surface area contributed by atoms with Crippen molar-refractivity contribution in [3.05, 3.63) is 28.2 Å². The molecule has 0 aliphatic rings. The van der Waals surface area contributed by atoms with Crippen molar-refractivity contribution in [1.82, 2.24) is 10.2 Å². The highest BCUT2D eigenvalue weighted by Gasteiger charge is 2.12. The number of nitrogens with zero attached hydrogens (tertiary/aromatic N) is 1. The topological polar surface area (TPSA) is 52.6 Å². The Morgan fingerprint density at radius 3 is 2.83 bits per heavy atom. The second-order valence-corrected chi connectivity index (χ2v) is 5.07. The van der Waals surface area contributed by atoms with Crippen LogP contribution in [0.15, 0.2) is 22.7 Å². The highest BCUT2D eigenvalue weighted by molar-refractivity contribution is 9.10. The summed E-state index contributed by atoms with van der Waals surface area (Å²) >= 11 is 3.38. The van der Waals surface area contributed by atoms with Crippen molar-refractivity contribution in [2.45, 2.75) is 19.9 Å². The summed E-state index contributed by atoms with van der Waals surface area (Å²) in [6.45, 7) is 3.79. The van der Waals surface area contributed by atoms with E-state index < -0.39 is 0 Å². The van der Waals surface area contributed by atoms with Crippen LogP contribution in [0.25, 0.3) is 0 Å². The molecule has 0 aliphatic heterocycles. The number of phenolic OH excluding ortho intramolecular Hbond substituents is 1. The molecular formula is C13H19BrN2O2. The van der Waals surface area contributed by atoms with Crippen molar-refractivity contribution in [2.75, 3.05) is 20.1 Å². The van der Waals surface area contributed by atoms with Crippen molar-refractivity contribution in [1.29, 1.82) is 0 Å². The predicted molar refractivity (Wildman–Crippen MR) is 75.4 cm³/mol. The van der Waals surface area contributed by atoms with E-state index in [9.17, 15) is 9.90 Å². The van der Waals surface area contributed by atoms with E-state index in [0.29, 0.717) is 13.1 Å². The van der Waals surface area contributed by atoms with Crippen molar-refractivity contribution in [3.63, 3.8) is 0 Å². The van der Waals surface area contributed by atoms with E-state index in [-0.39, 0.29) is 11.7 Å². The number of rotatable bonds is 6. The quantitative estimate of drug-likeness (QED) is 0.845. The molecule has 18 heavy (non-hydrogen) atoms. The van der Waals surface area contributed by atoms with Crippen LogP contribution in [0.4, 0.5) is 0 Å². The van der Waals surface area contributed by atoms with E-state index in [4.69, 9.17) is 0 Å². The Morgan fingerprint density at radius 1 is 1.50 bits per heavy atom. The molecule has 0 saturated carbocycles. The molecule has 1 aromatic rings. The standard InChI is InChI=1S/C13H19BrN2O2/c1-3-6-16(9-13(18)15-2)8-10-7-11(14)4-5-12(10)17/h4-5,7,17H,3,6,8-9H2,1-2H3,(H,15,18). The molecule has 100 valence electrons. The summed E-state index contributed by atoms with van der Waals surface area (Å²) in [5.41, 5.74) is 0.821. The fraction of sp³-hybridized carbons (Fsp3) is 0.462. The molecule has 0 aliphatic carbocycles. The van der Waals surface area contributed by atoms with E-state index >= 15 is 0 Å². The van der Waals surface area contributed by atoms with E-state index in [0.717, 1.165) is 23.0 Å². The van der Waals surface area contributed by atoms with Gasteiger partial charge in [0, 0.05) is 23.6 Å². The zero-order valence-electron chi connectivity index (χ0n) is 10.7. The van der Waals surface area contributed by atoms with Gasteiger partial charge in [0.25, 0.3) is 0 Å². The van der Waals surface area contributed by atoms with Gasteiger partial charge < -0.3 is 10.4 Å². The zero-order chi connectivity index (χ0) is 13.5. The Balaban J connectivity index is 2.75. The number of hydrogen-bond acceptors (Lipinski definition) is 3. The third-order valence-corrected chi connectivity index (χ3v) is 3.11. The lowest BCUT2D eigenvalue weighted by atomic mass is 10.2. The summed E-state index contributed by atoms with van der Waals surface area (Å²) in [6, 6.07) is 5.33. The molecule has 0 fully saturated rings. The van der Waals surface area contributed by atoms with Crippen LogP contribution in [0.5, 0.6) is 5.75 Å². The second kappa shape index (κ2) is 7.38. The Labute approximate surface area is 116 Å². The third kappa shape index (κ3) is 4.66. The van der Waals surface area contributed by atoms with Gasteiger partial charge in [-0.25, -0.2) is 0 Å². The van der Waals surface area contributed by atoms with Crippen molar-refractivity contribution >= 4 is 21.8 Å². The predicted octanol–water partition coefficient (Wildman–Crippen LogP) is 2.11. The first-order valence-corrected chi connectivity index (χ1v) is 6.76.